The summed E-state index contributed by atoms with van der Waals surface area (Å²) in [7, 11) is 1.36. The number of rotatable bonds is 3. The van der Waals surface area contributed by atoms with E-state index in [9.17, 15) is 8.78 Å². The maximum absolute atomic E-state index is 13.9. The monoisotopic (exact) mass is 302 g/mol. The van der Waals surface area contributed by atoms with Crippen LogP contribution < -0.4 is 4.74 Å². The molecule has 1 aromatic carbocycles. The number of benzene rings is 1. The molecule has 0 aliphatic rings. The Balaban J connectivity index is 2.46. The summed E-state index contributed by atoms with van der Waals surface area (Å²) in [6.07, 6.45) is 0. The molecule has 0 N–H and O–H groups in total. The predicted octanol–water partition coefficient (Wildman–Crippen LogP) is 4.98. The van der Waals surface area contributed by atoms with E-state index >= 15 is 0 Å². The van der Waals surface area contributed by atoms with Crippen LogP contribution in [0, 0.1) is 25.5 Å². The molecule has 2 aromatic rings. The fraction of sp³-hybridized carbons (Fsp3) is 0.286. The Labute approximate surface area is 119 Å². The van der Waals surface area contributed by atoms with Crippen LogP contribution in [-0.2, 0) is 0 Å². The summed E-state index contributed by atoms with van der Waals surface area (Å²) in [5, 5.41) is -0.830. The molecule has 0 fully saturated rings. The van der Waals surface area contributed by atoms with Crippen molar-refractivity contribution in [1.29, 1.82) is 0 Å². The Morgan fingerprint density at radius 2 is 1.74 bits per heavy atom. The molecule has 0 saturated heterocycles. The molecule has 0 amide bonds. The van der Waals surface area contributed by atoms with Crippen molar-refractivity contribution in [2.75, 3.05) is 7.11 Å². The van der Waals surface area contributed by atoms with Crippen LogP contribution in [0.4, 0.5) is 8.78 Å². The van der Waals surface area contributed by atoms with Gasteiger partial charge in [-0.15, -0.1) is 22.9 Å². The summed E-state index contributed by atoms with van der Waals surface area (Å²) in [6.45, 7) is 3.90. The summed E-state index contributed by atoms with van der Waals surface area (Å²) < 4.78 is 32.7. The highest BCUT2D eigenvalue weighted by Gasteiger charge is 2.23. The molecule has 1 unspecified atom stereocenters. The fourth-order valence-electron chi connectivity index (χ4n) is 1.79. The van der Waals surface area contributed by atoms with Gasteiger partial charge in [0.25, 0.3) is 0 Å². The summed E-state index contributed by atoms with van der Waals surface area (Å²) in [5.41, 5.74) is 0.934. The number of ether oxygens (including phenoxy) is 1. The Hall–Kier alpha value is -1.13. The van der Waals surface area contributed by atoms with Crippen LogP contribution in [0.15, 0.2) is 18.2 Å². The highest BCUT2D eigenvalue weighted by molar-refractivity contribution is 7.12. The first-order valence-corrected chi connectivity index (χ1v) is 6.93. The van der Waals surface area contributed by atoms with Gasteiger partial charge in [-0.3, -0.25) is 0 Å². The highest BCUT2D eigenvalue weighted by atomic mass is 35.5. The first-order chi connectivity index (χ1) is 8.93. The molecule has 0 bridgehead atoms. The largest absolute Gasteiger partial charge is 0.497 e. The predicted molar refractivity (Wildman–Crippen MR) is 74.4 cm³/mol. The van der Waals surface area contributed by atoms with E-state index in [0.717, 1.165) is 27.5 Å². The van der Waals surface area contributed by atoms with Gasteiger partial charge in [0.05, 0.1) is 12.5 Å². The molecule has 0 saturated carbocycles. The van der Waals surface area contributed by atoms with Gasteiger partial charge in [0.15, 0.2) is 0 Å². The summed E-state index contributed by atoms with van der Waals surface area (Å²) in [5.74, 6) is -1.25. The molecule has 2 rings (SSSR count). The van der Waals surface area contributed by atoms with Gasteiger partial charge in [-0.2, -0.15) is 0 Å². The van der Waals surface area contributed by atoms with E-state index in [1.54, 1.807) is 0 Å². The summed E-state index contributed by atoms with van der Waals surface area (Å²) in [4.78, 5) is 1.83. The smallest absolute Gasteiger partial charge is 0.134 e. The SMILES string of the molecule is COc1cc(F)c(C(Cl)c2cc(C)c(C)s2)c(F)c1. The molecule has 0 aliphatic heterocycles. The van der Waals surface area contributed by atoms with Gasteiger partial charge in [-0.05, 0) is 25.5 Å². The average Bonchev–Trinajstić information content (AvgIpc) is 2.68. The van der Waals surface area contributed by atoms with Crippen molar-refractivity contribution in [3.05, 3.63) is 50.7 Å². The van der Waals surface area contributed by atoms with Crippen LogP contribution in [0.2, 0.25) is 0 Å². The number of hydrogen-bond acceptors (Lipinski definition) is 2. The van der Waals surface area contributed by atoms with E-state index in [-0.39, 0.29) is 11.3 Å². The average molecular weight is 303 g/mol. The second-order valence-electron chi connectivity index (χ2n) is 4.26. The van der Waals surface area contributed by atoms with Crippen molar-refractivity contribution in [2.24, 2.45) is 0 Å². The van der Waals surface area contributed by atoms with Crippen LogP contribution in [-0.4, -0.2) is 7.11 Å². The van der Waals surface area contributed by atoms with Gasteiger partial charge in [-0.25, -0.2) is 8.78 Å². The van der Waals surface area contributed by atoms with Crippen molar-refractivity contribution >= 4 is 22.9 Å². The van der Waals surface area contributed by atoms with Gasteiger partial charge < -0.3 is 4.74 Å². The van der Waals surface area contributed by atoms with Crippen molar-refractivity contribution in [2.45, 2.75) is 19.2 Å². The molecule has 102 valence electrons. The number of hydrogen-bond donors (Lipinski definition) is 0. The zero-order valence-electron chi connectivity index (χ0n) is 10.8. The lowest BCUT2D eigenvalue weighted by atomic mass is 10.1. The summed E-state index contributed by atoms with van der Waals surface area (Å²) in [6, 6.07) is 4.14. The molecular formula is C14H13ClF2OS. The fourth-order valence-corrected chi connectivity index (χ4v) is 3.23. The third kappa shape index (κ3) is 2.74. The Morgan fingerprint density at radius 1 is 1.16 bits per heavy atom. The lowest BCUT2D eigenvalue weighted by molar-refractivity contribution is 0.405. The zero-order chi connectivity index (χ0) is 14.2. The molecule has 1 nitrogen and oxygen atoms in total. The number of alkyl halides is 1. The molecule has 0 spiro atoms. The van der Waals surface area contributed by atoms with E-state index in [2.05, 4.69) is 0 Å². The highest BCUT2D eigenvalue weighted by Crippen LogP contribution is 2.38. The lowest BCUT2D eigenvalue weighted by Gasteiger charge is -2.11. The van der Waals surface area contributed by atoms with Crippen molar-refractivity contribution in [3.63, 3.8) is 0 Å². The van der Waals surface area contributed by atoms with E-state index in [4.69, 9.17) is 16.3 Å². The minimum Gasteiger partial charge on any atom is -0.497 e. The van der Waals surface area contributed by atoms with Crippen LogP contribution in [0.1, 0.15) is 26.3 Å². The van der Waals surface area contributed by atoms with Crippen LogP contribution in [0.5, 0.6) is 5.75 Å². The molecule has 1 aromatic heterocycles. The Bertz CT molecular complexity index is 567. The lowest BCUT2D eigenvalue weighted by Crippen LogP contribution is -2.00. The van der Waals surface area contributed by atoms with Crippen molar-refractivity contribution in [1.82, 2.24) is 0 Å². The minimum absolute atomic E-state index is 0.135. The Kier molecular flexibility index (Phi) is 4.11. The van der Waals surface area contributed by atoms with Gasteiger partial charge in [-0.1, -0.05) is 0 Å². The van der Waals surface area contributed by atoms with Crippen LogP contribution in [0.25, 0.3) is 0 Å². The van der Waals surface area contributed by atoms with Gasteiger partial charge in [0, 0.05) is 27.5 Å². The van der Waals surface area contributed by atoms with Gasteiger partial charge >= 0.3 is 0 Å². The number of halogens is 3. The molecular weight excluding hydrogens is 290 g/mol. The zero-order valence-corrected chi connectivity index (χ0v) is 12.3. The molecule has 19 heavy (non-hydrogen) atoms. The minimum atomic E-state index is -0.830. The first-order valence-electron chi connectivity index (χ1n) is 5.68. The Morgan fingerprint density at radius 3 is 2.16 bits per heavy atom. The quantitative estimate of drug-likeness (QED) is 0.727. The molecule has 1 heterocycles. The second-order valence-corrected chi connectivity index (χ2v) is 5.98. The van der Waals surface area contributed by atoms with Gasteiger partial charge in [0.2, 0.25) is 0 Å². The van der Waals surface area contributed by atoms with E-state index < -0.39 is 17.0 Å². The van der Waals surface area contributed by atoms with Crippen molar-refractivity contribution < 1.29 is 13.5 Å². The number of thiophene rings is 1. The van der Waals surface area contributed by atoms with E-state index in [1.165, 1.54) is 18.4 Å². The topological polar surface area (TPSA) is 9.23 Å². The van der Waals surface area contributed by atoms with Gasteiger partial charge in [0.1, 0.15) is 17.4 Å². The first kappa shape index (κ1) is 14.3. The van der Waals surface area contributed by atoms with Crippen LogP contribution >= 0.6 is 22.9 Å². The maximum Gasteiger partial charge on any atom is 0.134 e. The summed E-state index contributed by atoms with van der Waals surface area (Å²) >= 11 is 7.66. The molecule has 1 atom stereocenters. The maximum atomic E-state index is 13.9. The van der Waals surface area contributed by atoms with E-state index in [0.29, 0.717) is 0 Å². The van der Waals surface area contributed by atoms with E-state index in [1.807, 2.05) is 19.9 Å². The van der Waals surface area contributed by atoms with Crippen molar-refractivity contribution in [3.8, 4) is 5.75 Å². The molecule has 5 heteroatoms. The second kappa shape index (κ2) is 5.47. The third-order valence-electron chi connectivity index (χ3n) is 2.98. The number of aryl methyl sites for hydroxylation is 2. The number of methoxy groups -OCH3 is 1. The molecule has 0 aliphatic carbocycles. The normalized spacial score (nSPS) is 12.5. The molecule has 0 radical (unpaired) electrons. The van der Waals surface area contributed by atoms with Crippen LogP contribution in [0.3, 0.4) is 0 Å². The third-order valence-corrected chi connectivity index (χ3v) is 4.78. The standard InChI is InChI=1S/C14H13ClF2OS/c1-7-4-12(19-8(7)2)14(15)13-10(16)5-9(18-3)6-11(13)17/h4-6,14H,1-3H3.